The van der Waals surface area contributed by atoms with E-state index in [2.05, 4.69) is 22.2 Å². The van der Waals surface area contributed by atoms with Crippen LogP contribution in [0.4, 0.5) is 0 Å². The van der Waals surface area contributed by atoms with Crippen molar-refractivity contribution in [3.63, 3.8) is 0 Å². The Labute approximate surface area is 113 Å². The molecular formula is C13H19O5P. The Kier molecular flexibility index (Phi) is 9.98. The van der Waals surface area contributed by atoms with E-state index in [0.29, 0.717) is 0 Å². The van der Waals surface area contributed by atoms with Gasteiger partial charge in [-0.2, -0.15) is 0 Å². The lowest BCUT2D eigenvalue weighted by molar-refractivity contribution is 0.174. The molecule has 0 aromatic heterocycles. The van der Waals surface area contributed by atoms with Crippen LogP contribution in [-0.2, 0) is 20.2 Å². The number of rotatable bonds is 7. The maximum absolute atomic E-state index is 10.7. The monoisotopic (exact) mass is 286 g/mol. The number of benzene rings is 1. The van der Waals surface area contributed by atoms with E-state index >= 15 is 0 Å². The minimum atomic E-state index is -3.87. The van der Waals surface area contributed by atoms with Gasteiger partial charge in [0.25, 0.3) is 0 Å². The second-order valence-corrected chi connectivity index (χ2v) is 4.73. The number of hydrogen-bond donors (Lipinski definition) is 2. The third-order valence-corrected chi connectivity index (χ3v) is 2.69. The molecule has 0 aliphatic carbocycles. The van der Waals surface area contributed by atoms with Crippen LogP contribution in [-0.4, -0.2) is 23.2 Å². The molecule has 0 unspecified atom stereocenters. The van der Waals surface area contributed by atoms with Gasteiger partial charge >= 0.3 is 7.82 Å². The summed E-state index contributed by atoms with van der Waals surface area (Å²) in [6, 6.07) is 9.52. The molecule has 1 aromatic carbocycles. The van der Waals surface area contributed by atoms with E-state index in [-0.39, 0.29) is 19.8 Å². The predicted molar refractivity (Wildman–Crippen MR) is 74.5 cm³/mol. The zero-order chi connectivity index (χ0) is 14.6. The fourth-order valence-electron chi connectivity index (χ4n) is 0.914. The Hall–Kier alpha value is -1.23. The molecule has 0 fully saturated rings. The van der Waals surface area contributed by atoms with Crippen LogP contribution in [0.15, 0.2) is 55.6 Å². The van der Waals surface area contributed by atoms with Gasteiger partial charge in [-0.15, -0.1) is 13.2 Å². The molecule has 0 saturated heterocycles. The van der Waals surface area contributed by atoms with Gasteiger partial charge in [-0.3, -0.25) is 9.05 Å². The summed E-state index contributed by atoms with van der Waals surface area (Å²) in [7, 11) is -3.87. The quantitative estimate of drug-likeness (QED) is 0.595. The first-order chi connectivity index (χ1) is 9.05. The molecule has 6 heteroatoms. The summed E-state index contributed by atoms with van der Waals surface area (Å²) in [6.45, 7) is 6.74. The van der Waals surface area contributed by atoms with Crippen LogP contribution >= 0.6 is 7.82 Å². The Balaban J connectivity index is 0.000000356. The van der Waals surface area contributed by atoms with Gasteiger partial charge in [0, 0.05) is 0 Å². The van der Waals surface area contributed by atoms with Gasteiger partial charge in [-0.05, 0) is 5.56 Å². The van der Waals surface area contributed by atoms with Gasteiger partial charge in [0.05, 0.1) is 19.8 Å². The standard InChI is InChI=1S/C7H8O.C6H11O4P/c8-6-7-4-2-1-3-5-7;1-3-5-9-11(7,8)10-6-4-2/h1-5,8H,6H2;3-4H,1-2,5-6H2,(H,7,8). The van der Waals surface area contributed by atoms with E-state index in [4.69, 9.17) is 10.00 Å². The van der Waals surface area contributed by atoms with Gasteiger partial charge in [-0.1, -0.05) is 42.5 Å². The first-order valence-corrected chi connectivity index (χ1v) is 7.03. The lowest BCUT2D eigenvalue weighted by Crippen LogP contribution is -1.94. The largest absolute Gasteiger partial charge is 0.472 e. The van der Waals surface area contributed by atoms with E-state index in [1.165, 1.54) is 12.2 Å². The number of aliphatic hydroxyl groups excluding tert-OH is 1. The molecule has 1 rings (SSSR count). The van der Waals surface area contributed by atoms with Crippen LogP contribution in [0.3, 0.4) is 0 Å². The summed E-state index contributed by atoms with van der Waals surface area (Å²) in [6.07, 6.45) is 2.72. The second-order valence-electron chi connectivity index (χ2n) is 3.28. The molecule has 0 spiro atoms. The number of phosphoric acid groups is 1. The normalized spacial score (nSPS) is 10.2. The Morgan fingerprint density at radius 2 is 1.58 bits per heavy atom. The summed E-state index contributed by atoms with van der Waals surface area (Å²) in [5, 5.41) is 8.54. The zero-order valence-electron chi connectivity index (χ0n) is 10.6. The second kappa shape index (κ2) is 10.7. The molecular weight excluding hydrogens is 267 g/mol. The van der Waals surface area contributed by atoms with Crippen LogP contribution < -0.4 is 0 Å². The molecule has 0 aliphatic rings. The average Bonchev–Trinajstić information content (AvgIpc) is 2.45. The van der Waals surface area contributed by atoms with E-state index in [0.717, 1.165) is 5.56 Å². The fraction of sp³-hybridized carbons (Fsp3) is 0.231. The van der Waals surface area contributed by atoms with Crippen molar-refractivity contribution in [1.82, 2.24) is 0 Å². The highest BCUT2D eigenvalue weighted by atomic mass is 31.2. The summed E-state index contributed by atoms with van der Waals surface area (Å²) in [4.78, 5) is 8.79. The molecule has 106 valence electrons. The molecule has 1 aromatic rings. The smallest absolute Gasteiger partial charge is 0.392 e. The average molecular weight is 286 g/mol. The number of phosphoric ester groups is 1. The maximum Gasteiger partial charge on any atom is 0.472 e. The van der Waals surface area contributed by atoms with Crippen molar-refractivity contribution >= 4 is 7.82 Å². The van der Waals surface area contributed by atoms with Crippen molar-refractivity contribution in [3.05, 3.63) is 61.2 Å². The van der Waals surface area contributed by atoms with Crippen molar-refractivity contribution < 1.29 is 23.6 Å². The first kappa shape index (κ1) is 17.8. The van der Waals surface area contributed by atoms with Gasteiger partial charge in [-0.25, -0.2) is 4.57 Å². The highest BCUT2D eigenvalue weighted by molar-refractivity contribution is 7.47. The number of aliphatic hydroxyl groups is 1. The highest BCUT2D eigenvalue weighted by Gasteiger charge is 2.18. The minimum absolute atomic E-state index is 0.00901. The molecule has 0 aliphatic heterocycles. The van der Waals surface area contributed by atoms with E-state index in [9.17, 15) is 4.57 Å². The highest BCUT2D eigenvalue weighted by Crippen LogP contribution is 2.42. The summed E-state index contributed by atoms with van der Waals surface area (Å²) >= 11 is 0. The Bertz CT molecular complexity index is 389. The van der Waals surface area contributed by atoms with Crippen molar-refractivity contribution in [2.75, 3.05) is 13.2 Å². The summed E-state index contributed by atoms with van der Waals surface area (Å²) < 4.78 is 19.6. The van der Waals surface area contributed by atoms with E-state index < -0.39 is 7.82 Å². The SMILES string of the molecule is C=CCOP(=O)(O)OCC=C.OCc1ccccc1. The zero-order valence-corrected chi connectivity index (χ0v) is 11.5. The maximum atomic E-state index is 10.7. The molecule has 0 bridgehead atoms. The van der Waals surface area contributed by atoms with Gasteiger partial charge < -0.3 is 10.00 Å². The predicted octanol–water partition coefficient (Wildman–Crippen LogP) is 2.67. The molecule has 0 saturated carbocycles. The fourth-order valence-corrected chi connectivity index (χ4v) is 1.58. The van der Waals surface area contributed by atoms with Gasteiger partial charge in [0.2, 0.25) is 0 Å². The molecule has 0 amide bonds. The van der Waals surface area contributed by atoms with Crippen LogP contribution in [0.25, 0.3) is 0 Å². The Morgan fingerprint density at radius 1 is 1.11 bits per heavy atom. The van der Waals surface area contributed by atoms with E-state index in [1.807, 2.05) is 30.3 Å². The molecule has 0 heterocycles. The van der Waals surface area contributed by atoms with Gasteiger partial charge in [0.1, 0.15) is 0 Å². The number of hydrogen-bond acceptors (Lipinski definition) is 4. The van der Waals surface area contributed by atoms with Crippen LogP contribution in [0.1, 0.15) is 5.56 Å². The molecule has 2 N–H and O–H groups in total. The molecule has 5 nitrogen and oxygen atoms in total. The van der Waals surface area contributed by atoms with Crippen LogP contribution in [0, 0.1) is 0 Å². The third-order valence-electron chi connectivity index (χ3n) is 1.74. The van der Waals surface area contributed by atoms with E-state index in [1.54, 1.807) is 0 Å². The lowest BCUT2D eigenvalue weighted by atomic mass is 10.2. The lowest BCUT2D eigenvalue weighted by Gasteiger charge is -2.08. The summed E-state index contributed by atoms with van der Waals surface area (Å²) in [5.74, 6) is 0. The van der Waals surface area contributed by atoms with Crippen LogP contribution in [0.2, 0.25) is 0 Å². The molecule has 19 heavy (non-hydrogen) atoms. The minimum Gasteiger partial charge on any atom is -0.392 e. The van der Waals surface area contributed by atoms with Crippen molar-refractivity contribution in [2.45, 2.75) is 6.61 Å². The third kappa shape index (κ3) is 10.4. The van der Waals surface area contributed by atoms with Crippen molar-refractivity contribution in [3.8, 4) is 0 Å². The van der Waals surface area contributed by atoms with Crippen molar-refractivity contribution in [2.24, 2.45) is 0 Å². The topological polar surface area (TPSA) is 76.0 Å². The van der Waals surface area contributed by atoms with Crippen molar-refractivity contribution in [1.29, 1.82) is 0 Å². The molecule has 0 atom stereocenters. The van der Waals surface area contributed by atoms with Gasteiger partial charge in [0.15, 0.2) is 0 Å². The van der Waals surface area contributed by atoms with Crippen LogP contribution in [0.5, 0.6) is 0 Å². The summed E-state index contributed by atoms with van der Waals surface area (Å²) in [5.41, 5.74) is 0.965. The first-order valence-electron chi connectivity index (χ1n) is 5.54. The Morgan fingerprint density at radius 3 is 1.89 bits per heavy atom. The molecule has 0 radical (unpaired) electrons.